The molecule has 2 N–H and O–H groups in total. The van der Waals surface area contributed by atoms with Crippen molar-refractivity contribution in [3.8, 4) is 0 Å². The maximum absolute atomic E-state index is 5.77. The van der Waals surface area contributed by atoms with Crippen molar-refractivity contribution in [3.63, 3.8) is 0 Å². The van der Waals surface area contributed by atoms with Crippen LogP contribution in [0.3, 0.4) is 0 Å². The fourth-order valence-corrected chi connectivity index (χ4v) is 1.92. The second-order valence-corrected chi connectivity index (χ2v) is 3.69. The van der Waals surface area contributed by atoms with Crippen molar-refractivity contribution in [3.05, 3.63) is 47.8 Å². The first-order valence-electron chi connectivity index (χ1n) is 4.99. The third-order valence-electron chi connectivity index (χ3n) is 2.64. The van der Waals surface area contributed by atoms with E-state index < -0.39 is 0 Å². The summed E-state index contributed by atoms with van der Waals surface area (Å²) in [6.45, 7) is 0. The first-order valence-corrected chi connectivity index (χ1v) is 4.99. The Morgan fingerprint density at radius 2 is 2.13 bits per heavy atom. The minimum atomic E-state index is 0.742. The van der Waals surface area contributed by atoms with Gasteiger partial charge in [-0.05, 0) is 12.1 Å². The van der Waals surface area contributed by atoms with Crippen LogP contribution in [-0.4, -0.2) is 0 Å². The van der Waals surface area contributed by atoms with Gasteiger partial charge in [0.25, 0.3) is 0 Å². The SMILES string of the molecule is Nc1ccc2c3c(oc2c1)CC=CC=C3. The smallest absolute Gasteiger partial charge is 0.136 e. The van der Waals surface area contributed by atoms with E-state index in [-0.39, 0.29) is 0 Å². The van der Waals surface area contributed by atoms with Crippen LogP contribution in [-0.2, 0) is 6.42 Å². The van der Waals surface area contributed by atoms with Gasteiger partial charge in [0.15, 0.2) is 0 Å². The van der Waals surface area contributed by atoms with Gasteiger partial charge in [-0.1, -0.05) is 24.3 Å². The average molecular weight is 197 g/mol. The molecule has 74 valence electrons. The molecule has 2 heteroatoms. The summed E-state index contributed by atoms with van der Waals surface area (Å²) < 4.78 is 5.77. The highest BCUT2D eigenvalue weighted by molar-refractivity contribution is 5.90. The number of allylic oxidation sites excluding steroid dienone is 3. The molecule has 0 saturated carbocycles. The molecule has 0 radical (unpaired) electrons. The summed E-state index contributed by atoms with van der Waals surface area (Å²) >= 11 is 0. The van der Waals surface area contributed by atoms with E-state index in [4.69, 9.17) is 10.2 Å². The molecule has 0 aliphatic heterocycles. The Balaban J connectivity index is 2.34. The number of nitrogen functional groups attached to an aromatic ring is 1. The van der Waals surface area contributed by atoms with Crippen molar-refractivity contribution >= 4 is 22.7 Å². The van der Waals surface area contributed by atoms with Crippen molar-refractivity contribution in [1.29, 1.82) is 0 Å². The van der Waals surface area contributed by atoms with Crippen LogP contribution >= 0.6 is 0 Å². The van der Waals surface area contributed by atoms with Gasteiger partial charge in [0.2, 0.25) is 0 Å². The first-order chi connectivity index (χ1) is 7.34. The minimum absolute atomic E-state index is 0.742. The van der Waals surface area contributed by atoms with Gasteiger partial charge in [0.05, 0.1) is 0 Å². The number of benzene rings is 1. The Bertz CT molecular complexity index is 575. The zero-order valence-electron chi connectivity index (χ0n) is 8.23. The standard InChI is InChI=1S/C13H11NO/c14-9-6-7-11-10-4-2-1-3-5-12(10)15-13(11)8-9/h1-4,6-8H,5,14H2. The predicted molar refractivity (Wildman–Crippen MR) is 62.5 cm³/mol. The van der Waals surface area contributed by atoms with Crippen LogP contribution in [0.5, 0.6) is 0 Å². The Morgan fingerprint density at radius 1 is 1.20 bits per heavy atom. The van der Waals surface area contributed by atoms with E-state index in [0.717, 1.165) is 28.8 Å². The van der Waals surface area contributed by atoms with Crippen molar-refractivity contribution < 1.29 is 4.42 Å². The molecular weight excluding hydrogens is 186 g/mol. The Morgan fingerprint density at radius 3 is 3.07 bits per heavy atom. The average Bonchev–Trinajstić information content (AvgIpc) is 2.42. The number of hydrogen-bond donors (Lipinski definition) is 1. The quantitative estimate of drug-likeness (QED) is 0.659. The van der Waals surface area contributed by atoms with Crippen LogP contribution in [0.1, 0.15) is 11.3 Å². The van der Waals surface area contributed by atoms with Gasteiger partial charge in [-0.25, -0.2) is 0 Å². The molecule has 1 aromatic heterocycles. The third kappa shape index (κ3) is 1.26. The van der Waals surface area contributed by atoms with Gasteiger partial charge >= 0.3 is 0 Å². The van der Waals surface area contributed by atoms with Gasteiger partial charge in [-0.15, -0.1) is 0 Å². The summed E-state index contributed by atoms with van der Waals surface area (Å²) in [4.78, 5) is 0. The minimum Gasteiger partial charge on any atom is -0.460 e. The Labute approximate surface area is 87.7 Å². The Kier molecular flexibility index (Phi) is 1.68. The van der Waals surface area contributed by atoms with Gasteiger partial charge in [0.1, 0.15) is 11.3 Å². The second kappa shape index (κ2) is 3.02. The van der Waals surface area contributed by atoms with Crippen LogP contribution in [0.25, 0.3) is 17.0 Å². The molecule has 0 amide bonds. The molecular formula is C13H11NO. The van der Waals surface area contributed by atoms with E-state index in [9.17, 15) is 0 Å². The van der Waals surface area contributed by atoms with Crippen LogP contribution < -0.4 is 5.73 Å². The lowest BCUT2D eigenvalue weighted by Crippen LogP contribution is -1.82. The van der Waals surface area contributed by atoms with E-state index in [1.54, 1.807) is 0 Å². The third-order valence-corrected chi connectivity index (χ3v) is 2.64. The summed E-state index contributed by atoms with van der Waals surface area (Å²) in [7, 11) is 0. The van der Waals surface area contributed by atoms with Crippen LogP contribution in [0, 0.1) is 0 Å². The first kappa shape index (κ1) is 8.36. The van der Waals surface area contributed by atoms with Gasteiger partial charge in [-0.3, -0.25) is 0 Å². The molecule has 0 fully saturated rings. The zero-order chi connectivity index (χ0) is 10.3. The second-order valence-electron chi connectivity index (χ2n) is 3.69. The zero-order valence-corrected chi connectivity index (χ0v) is 8.23. The molecule has 2 nitrogen and oxygen atoms in total. The molecule has 1 aliphatic carbocycles. The number of furan rings is 1. The molecule has 15 heavy (non-hydrogen) atoms. The van der Waals surface area contributed by atoms with E-state index in [1.807, 2.05) is 30.4 Å². The lowest BCUT2D eigenvalue weighted by Gasteiger charge is -1.92. The predicted octanol–water partition coefficient (Wildman–Crippen LogP) is 3.14. The molecule has 0 unspecified atom stereocenters. The van der Waals surface area contributed by atoms with Gasteiger partial charge in [-0.2, -0.15) is 0 Å². The molecule has 0 spiro atoms. The fourth-order valence-electron chi connectivity index (χ4n) is 1.92. The summed E-state index contributed by atoms with van der Waals surface area (Å²) in [6.07, 6.45) is 9.10. The number of rotatable bonds is 0. The van der Waals surface area contributed by atoms with E-state index in [0.29, 0.717) is 0 Å². The summed E-state index contributed by atoms with van der Waals surface area (Å²) in [5, 5.41) is 1.14. The van der Waals surface area contributed by atoms with Gasteiger partial charge in [0, 0.05) is 29.1 Å². The lowest BCUT2D eigenvalue weighted by molar-refractivity contribution is 0.564. The largest absolute Gasteiger partial charge is 0.460 e. The highest BCUT2D eigenvalue weighted by atomic mass is 16.3. The highest BCUT2D eigenvalue weighted by Gasteiger charge is 2.11. The Hall–Kier alpha value is -1.96. The summed E-state index contributed by atoms with van der Waals surface area (Å²) in [5.74, 6) is 1.01. The van der Waals surface area contributed by atoms with Crippen molar-refractivity contribution in [2.75, 3.05) is 5.73 Å². The normalized spacial score (nSPS) is 14.1. The maximum Gasteiger partial charge on any atom is 0.136 e. The van der Waals surface area contributed by atoms with E-state index >= 15 is 0 Å². The molecule has 1 heterocycles. The molecule has 0 saturated heterocycles. The topological polar surface area (TPSA) is 39.2 Å². The fraction of sp³-hybridized carbons (Fsp3) is 0.0769. The van der Waals surface area contributed by atoms with E-state index in [1.165, 1.54) is 5.56 Å². The number of nitrogens with two attached hydrogens (primary N) is 1. The lowest BCUT2D eigenvalue weighted by atomic mass is 10.1. The van der Waals surface area contributed by atoms with Crippen LogP contribution in [0.2, 0.25) is 0 Å². The van der Waals surface area contributed by atoms with Crippen molar-refractivity contribution in [1.82, 2.24) is 0 Å². The van der Waals surface area contributed by atoms with Crippen molar-refractivity contribution in [2.45, 2.75) is 6.42 Å². The van der Waals surface area contributed by atoms with Gasteiger partial charge < -0.3 is 10.2 Å². The summed E-state index contributed by atoms with van der Waals surface area (Å²) in [5.41, 5.74) is 8.51. The molecule has 0 bridgehead atoms. The summed E-state index contributed by atoms with van der Waals surface area (Å²) in [6, 6.07) is 5.80. The van der Waals surface area contributed by atoms with E-state index in [2.05, 4.69) is 12.2 Å². The molecule has 2 aromatic rings. The monoisotopic (exact) mass is 197 g/mol. The highest BCUT2D eigenvalue weighted by Crippen LogP contribution is 2.30. The van der Waals surface area contributed by atoms with Crippen molar-refractivity contribution in [2.24, 2.45) is 0 Å². The number of anilines is 1. The maximum atomic E-state index is 5.77. The molecule has 3 rings (SSSR count). The number of fused-ring (bicyclic) bond motifs is 3. The number of hydrogen-bond acceptors (Lipinski definition) is 2. The van der Waals surface area contributed by atoms with Crippen LogP contribution in [0.4, 0.5) is 5.69 Å². The molecule has 1 aliphatic rings. The van der Waals surface area contributed by atoms with Crippen LogP contribution in [0.15, 0.2) is 40.8 Å². The molecule has 0 atom stereocenters. The molecule has 1 aromatic carbocycles.